The minimum Gasteiger partial charge on any atom is -0.383 e. The summed E-state index contributed by atoms with van der Waals surface area (Å²) in [6, 6.07) is 10.8. The van der Waals surface area contributed by atoms with Gasteiger partial charge in [-0.05, 0) is 61.2 Å². The number of fused-ring (bicyclic) bond motifs is 1. The summed E-state index contributed by atoms with van der Waals surface area (Å²) in [5.41, 5.74) is 15.2. The molecule has 2 amide bonds. The first-order chi connectivity index (χ1) is 18.5. The number of aromatic nitrogens is 2. The van der Waals surface area contributed by atoms with Gasteiger partial charge < -0.3 is 11.5 Å². The van der Waals surface area contributed by atoms with Gasteiger partial charge in [0, 0.05) is 44.4 Å². The molecular weight excluding hydrogens is 530 g/mol. The molecule has 6 nitrogen and oxygen atoms in total. The zero-order valence-corrected chi connectivity index (χ0v) is 21.5. The number of nitrogens with zero attached hydrogens (tertiary/aromatic N) is 3. The molecule has 2 aromatic carbocycles. The van der Waals surface area contributed by atoms with E-state index in [0.717, 1.165) is 38.2 Å². The van der Waals surface area contributed by atoms with E-state index in [1.54, 1.807) is 18.3 Å². The van der Waals surface area contributed by atoms with Crippen molar-refractivity contribution >= 4 is 44.6 Å². The van der Waals surface area contributed by atoms with E-state index < -0.39 is 29.3 Å². The number of alkyl halides is 3. The molecule has 3 aromatic heterocycles. The lowest BCUT2D eigenvalue weighted by Crippen LogP contribution is -2.32. The Morgan fingerprint density at radius 2 is 1.69 bits per heavy atom. The quantitative estimate of drug-likeness (QED) is 0.225. The number of urea groups is 1. The van der Waals surface area contributed by atoms with Gasteiger partial charge in [-0.1, -0.05) is 18.2 Å². The van der Waals surface area contributed by atoms with Crippen molar-refractivity contribution in [3.63, 3.8) is 0 Å². The Labute approximate surface area is 224 Å². The smallest absolute Gasteiger partial charge is 0.383 e. The molecule has 5 aromatic rings. The van der Waals surface area contributed by atoms with Gasteiger partial charge in [0.25, 0.3) is 0 Å². The number of primary amides is 1. The van der Waals surface area contributed by atoms with Crippen molar-refractivity contribution in [1.82, 2.24) is 9.97 Å². The molecule has 0 spiro atoms. The number of carbonyl (C=O) groups excluding carboxylic acids is 1. The van der Waals surface area contributed by atoms with Gasteiger partial charge in [0.2, 0.25) is 0 Å². The number of nitrogen functional groups attached to an aromatic ring is 1. The lowest BCUT2D eigenvalue weighted by molar-refractivity contribution is -0.137. The molecule has 0 unspecified atom stereocenters. The zero-order valence-electron chi connectivity index (χ0n) is 20.7. The first-order valence-corrected chi connectivity index (χ1v) is 12.5. The normalized spacial score (nSPS) is 11.6. The van der Waals surface area contributed by atoms with Crippen LogP contribution in [-0.2, 0) is 6.18 Å². The molecule has 3 heterocycles. The fourth-order valence-electron chi connectivity index (χ4n) is 4.48. The molecule has 0 saturated carbocycles. The lowest BCUT2D eigenvalue weighted by Gasteiger charge is -2.22. The Hall–Kier alpha value is -4.51. The molecule has 4 N–H and O–H groups in total. The zero-order chi connectivity index (χ0) is 28.1. The average Bonchev–Trinajstić information content (AvgIpc) is 3.32. The number of amides is 2. The van der Waals surface area contributed by atoms with E-state index in [1.165, 1.54) is 23.5 Å². The van der Waals surface area contributed by atoms with Gasteiger partial charge >= 0.3 is 12.2 Å². The number of thiophene rings is 1. The second-order valence-corrected chi connectivity index (χ2v) is 9.76. The van der Waals surface area contributed by atoms with E-state index in [2.05, 4.69) is 9.97 Å². The van der Waals surface area contributed by atoms with Gasteiger partial charge in [-0.3, -0.25) is 9.88 Å². The number of nitrogens with two attached hydrogens (primary N) is 2. The minimum absolute atomic E-state index is 0.0946. The first-order valence-electron chi connectivity index (χ1n) is 11.6. The maximum Gasteiger partial charge on any atom is 0.416 e. The van der Waals surface area contributed by atoms with E-state index in [-0.39, 0.29) is 5.69 Å². The molecule has 198 valence electrons. The molecule has 0 fully saturated rings. The average molecular weight is 552 g/mol. The number of pyridine rings is 2. The van der Waals surface area contributed by atoms with Crippen LogP contribution in [0.3, 0.4) is 0 Å². The van der Waals surface area contributed by atoms with E-state index in [1.807, 2.05) is 31.4 Å². The predicted molar refractivity (Wildman–Crippen MR) is 145 cm³/mol. The minimum atomic E-state index is -4.73. The van der Waals surface area contributed by atoms with Crippen molar-refractivity contribution in [1.29, 1.82) is 0 Å². The summed E-state index contributed by atoms with van der Waals surface area (Å²) in [4.78, 5) is 21.9. The van der Waals surface area contributed by atoms with Crippen LogP contribution in [0.4, 0.5) is 39.5 Å². The SMILES string of the molecule is Cc1ccc(-c2cnc(N)c3c(-c4ccc(N(C(N)=O)c5cc(C(F)(F)F)ccc5F)cc4)csc23)c(C)n1. The molecule has 5 rings (SSSR count). The summed E-state index contributed by atoms with van der Waals surface area (Å²) in [6.07, 6.45) is -3.01. The van der Waals surface area contributed by atoms with E-state index in [9.17, 15) is 22.4 Å². The summed E-state index contributed by atoms with van der Waals surface area (Å²) in [7, 11) is 0. The van der Waals surface area contributed by atoms with Crippen LogP contribution in [0.25, 0.3) is 32.3 Å². The predicted octanol–water partition coefficient (Wildman–Crippen LogP) is 7.60. The van der Waals surface area contributed by atoms with Crippen LogP contribution in [0.15, 0.2) is 66.2 Å². The maximum atomic E-state index is 14.6. The van der Waals surface area contributed by atoms with Gasteiger partial charge in [0.05, 0.1) is 16.9 Å². The van der Waals surface area contributed by atoms with Crippen molar-refractivity contribution in [3.05, 3.63) is 88.9 Å². The van der Waals surface area contributed by atoms with Crippen molar-refractivity contribution in [2.45, 2.75) is 20.0 Å². The fourth-order valence-corrected chi connectivity index (χ4v) is 5.59. The molecule has 0 bridgehead atoms. The Morgan fingerprint density at radius 1 is 0.974 bits per heavy atom. The monoisotopic (exact) mass is 551 g/mol. The third kappa shape index (κ3) is 4.76. The number of benzene rings is 2. The Morgan fingerprint density at radius 3 is 2.33 bits per heavy atom. The molecule has 39 heavy (non-hydrogen) atoms. The number of hydrogen-bond donors (Lipinski definition) is 2. The summed E-state index contributed by atoms with van der Waals surface area (Å²) in [5, 5.41) is 2.66. The van der Waals surface area contributed by atoms with Crippen LogP contribution < -0.4 is 16.4 Å². The van der Waals surface area contributed by atoms with Crippen molar-refractivity contribution in [2.24, 2.45) is 5.73 Å². The first kappa shape index (κ1) is 26.1. The van der Waals surface area contributed by atoms with Gasteiger partial charge in [0.15, 0.2) is 0 Å². The summed E-state index contributed by atoms with van der Waals surface area (Å²) in [5.74, 6) is -0.696. The van der Waals surface area contributed by atoms with Crippen LogP contribution >= 0.6 is 11.3 Å². The third-order valence-electron chi connectivity index (χ3n) is 6.31. The summed E-state index contributed by atoms with van der Waals surface area (Å²) < 4.78 is 55.2. The molecular formula is C28H21F4N5OS. The van der Waals surface area contributed by atoms with Crippen LogP contribution in [0.1, 0.15) is 17.0 Å². The van der Waals surface area contributed by atoms with Gasteiger partial charge in [0.1, 0.15) is 11.6 Å². The molecule has 0 atom stereocenters. The highest BCUT2D eigenvalue weighted by atomic mass is 32.1. The van der Waals surface area contributed by atoms with Crippen LogP contribution in [0.2, 0.25) is 0 Å². The highest BCUT2D eigenvalue weighted by molar-refractivity contribution is 7.18. The van der Waals surface area contributed by atoms with Gasteiger partial charge in [-0.25, -0.2) is 14.2 Å². The standard InChI is InChI=1S/C28H21F4N5OS/c1-14-3-9-19(15(2)36-14)20-12-35-26(33)24-21(13-39-25(20)24)16-4-7-18(8-5-16)37(27(34)38)23-11-17(28(30,31)32)6-10-22(23)29/h3-13H,1-2H3,(H2,33,35)(H2,34,38). The Kier molecular flexibility index (Phi) is 6.47. The molecule has 0 aliphatic carbocycles. The number of anilines is 3. The fraction of sp³-hybridized carbons (Fsp3) is 0.107. The molecule has 0 aliphatic rings. The van der Waals surface area contributed by atoms with E-state index in [0.29, 0.717) is 34.5 Å². The molecule has 0 aliphatic heterocycles. The molecule has 0 radical (unpaired) electrons. The van der Waals surface area contributed by atoms with Crippen molar-refractivity contribution in [2.75, 3.05) is 10.6 Å². The summed E-state index contributed by atoms with van der Waals surface area (Å²) in [6.45, 7) is 3.84. The summed E-state index contributed by atoms with van der Waals surface area (Å²) >= 11 is 1.49. The van der Waals surface area contributed by atoms with Crippen LogP contribution in [0.5, 0.6) is 0 Å². The highest BCUT2D eigenvalue weighted by Crippen LogP contribution is 2.43. The number of hydrogen-bond acceptors (Lipinski definition) is 5. The number of carbonyl (C=O) groups is 1. The number of aryl methyl sites for hydroxylation is 2. The maximum absolute atomic E-state index is 14.6. The highest BCUT2D eigenvalue weighted by Gasteiger charge is 2.32. The Balaban J connectivity index is 1.58. The number of halogens is 4. The van der Waals surface area contributed by atoms with Gasteiger partial charge in [-0.15, -0.1) is 11.3 Å². The lowest BCUT2D eigenvalue weighted by atomic mass is 10.0. The molecule has 0 saturated heterocycles. The van der Waals surface area contributed by atoms with E-state index in [4.69, 9.17) is 11.5 Å². The third-order valence-corrected chi connectivity index (χ3v) is 7.32. The second-order valence-electron chi connectivity index (χ2n) is 8.88. The Bertz CT molecular complexity index is 1730. The van der Waals surface area contributed by atoms with Crippen molar-refractivity contribution < 1.29 is 22.4 Å². The van der Waals surface area contributed by atoms with Gasteiger partial charge in [-0.2, -0.15) is 13.2 Å². The van der Waals surface area contributed by atoms with Crippen molar-refractivity contribution in [3.8, 4) is 22.3 Å². The van der Waals surface area contributed by atoms with Crippen LogP contribution in [-0.4, -0.2) is 16.0 Å². The largest absolute Gasteiger partial charge is 0.416 e. The molecule has 11 heteroatoms. The van der Waals surface area contributed by atoms with E-state index >= 15 is 0 Å². The second kappa shape index (κ2) is 9.66. The van der Waals surface area contributed by atoms with Crippen LogP contribution in [0, 0.1) is 19.7 Å². The topological polar surface area (TPSA) is 98.1 Å². The number of rotatable bonds is 4.